The van der Waals surface area contributed by atoms with E-state index in [1.54, 1.807) is 9.91 Å². The second-order valence-electron chi connectivity index (χ2n) is 3.81. The van der Waals surface area contributed by atoms with E-state index in [0.29, 0.717) is 6.54 Å². The van der Waals surface area contributed by atoms with Crippen LogP contribution in [0.15, 0.2) is 0 Å². The number of hydrogen-bond donors (Lipinski definition) is 2. The van der Waals surface area contributed by atoms with Crippen LogP contribution in [0.1, 0.15) is 6.92 Å². The van der Waals surface area contributed by atoms with Crippen molar-refractivity contribution in [1.82, 2.24) is 20.7 Å². The van der Waals surface area contributed by atoms with Crippen LogP contribution in [0, 0.1) is 0 Å². The van der Waals surface area contributed by atoms with Crippen molar-refractivity contribution in [1.29, 1.82) is 0 Å². The molecular formula is C8H14N4O2. The number of likely N-dealkylation sites (N-methyl/N-ethyl adjacent to an activating group) is 1. The Hall–Kier alpha value is -1.14. The van der Waals surface area contributed by atoms with Gasteiger partial charge in [0.1, 0.15) is 12.7 Å². The minimum Gasteiger partial charge on any atom is -0.349 e. The molecule has 2 fully saturated rings. The lowest BCUT2D eigenvalue weighted by molar-refractivity contribution is -0.153. The van der Waals surface area contributed by atoms with E-state index in [9.17, 15) is 9.59 Å². The molecule has 0 aliphatic carbocycles. The van der Waals surface area contributed by atoms with Gasteiger partial charge in [-0.25, -0.2) is 10.4 Å². The molecule has 2 atom stereocenters. The van der Waals surface area contributed by atoms with Gasteiger partial charge in [-0.15, -0.1) is 0 Å². The fraction of sp³-hybridized carbons (Fsp3) is 0.750. The predicted octanol–water partition coefficient (Wildman–Crippen LogP) is -1.89. The first kappa shape index (κ1) is 9.42. The molecule has 0 aromatic carbocycles. The Balaban J connectivity index is 2.18. The molecule has 2 unspecified atom stereocenters. The molecule has 0 bridgehead atoms. The molecule has 2 N–H and O–H groups in total. The average Bonchev–Trinajstić information content (AvgIpc) is 2.07. The zero-order valence-corrected chi connectivity index (χ0v) is 8.28. The van der Waals surface area contributed by atoms with Crippen LogP contribution in [-0.2, 0) is 9.59 Å². The molecule has 2 saturated heterocycles. The third-order valence-corrected chi connectivity index (χ3v) is 2.56. The molecule has 2 rings (SSSR count). The Morgan fingerprint density at radius 3 is 2.79 bits per heavy atom. The summed E-state index contributed by atoms with van der Waals surface area (Å²) in [5, 5.41) is 4.55. The lowest BCUT2D eigenvalue weighted by Gasteiger charge is -2.45. The van der Waals surface area contributed by atoms with E-state index in [-0.39, 0.29) is 30.6 Å². The van der Waals surface area contributed by atoms with Crippen LogP contribution in [0.25, 0.3) is 0 Å². The van der Waals surface area contributed by atoms with E-state index >= 15 is 0 Å². The highest BCUT2D eigenvalue weighted by Gasteiger charge is 2.39. The first-order chi connectivity index (χ1) is 6.58. The van der Waals surface area contributed by atoms with Crippen molar-refractivity contribution >= 4 is 11.8 Å². The van der Waals surface area contributed by atoms with Gasteiger partial charge in [-0.3, -0.25) is 9.59 Å². The molecule has 6 nitrogen and oxygen atoms in total. The van der Waals surface area contributed by atoms with Gasteiger partial charge in [0, 0.05) is 7.05 Å². The van der Waals surface area contributed by atoms with E-state index in [2.05, 4.69) is 10.7 Å². The average molecular weight is 198 g/mol. The third-order valence-electron chi connectivity index (χ3n) is 2.56. The monoisotopic (exact) mass is 198 g/mol. The number of carbonyl (C=O) groups excluding carboxylic acids is 2. The van der Waals surface area contributed by atoms with Crippen LogP contribution >= 0.6 is 0 Å². The van der Waals surface area contributed by atoms with E-state index in [4.69, 9.17) is 0 Å². The summed E-state index contributed by atoms with van der Waals surface area (Å²) in [6.07, 6.45) is -0.112. The number of rotatable bonds is 0. The summed E-state index contributed by atoms with van der Waals surface area (Å²) in [6, 6.07) is -0.0528. The molecule has 2 amide bonds. The Labute approximate surface area is 82.2 Å². The van der Waals surface area contributed by atoms with Crippen LogP contribution in [0.2, 0.25) is 0 Å². The van der Waals surface area contributed by atoms with Crippen molar-refractivity contribution in [2.45, 2.75) is 19.1 Å². The van der Waals surface area contributed by atoms with E-state index in [0.717, 1.165) is 0 Å². The SMILES string of the molecule is CC1NC(=O)CN2C(=O)CN(C)NC12. The largest absolute Gasteiger partial charge is 0.349 e. The zero-order chi connectivity index (χ0) is 10.3. The van der Waals surface area contributed by atoms with Gasteiger partial charge >= 0.3 is 0 Å². The highest BCUT2D eigenvalue weighted by atomic mass is 16.2. The van der Waals surface area contributed by atoms with Crippen molar-refractivity contribution in [3.63, 3.8) is 0 Å². The summed E-state index contributed by atoms with van der Waals surface area (Å²) < 4.78 is 0. The smallest absolute Gasteiger partial charge is 0.240 e. The first-order valence-electron chi connectivity index (χ1n) is 4.64. The van der Waals surface area contributed by atoms with Gasteiger partial charge in [0.05, 0.1) is 12.6 Å². The lowest BCUT2D eigenvalue weighted by atomic mass is 10.1. The maximum absolute atomic E-state index is 11.6. The van der Waals surface area contributed by atoms with Crippen molar-refractivity contribution < 1.29 is 9.59 Å². The van der Waals surface area contributed by atoms with Gasteiger partial charge in [0.25, 0.3) is 0 Å². The van der Waals surface area contributed by atoms with Crippen LogP contribution in [-0.4, -0.2) is 54.1 Å². The summed E-state index contributed by atoms with van der Waals surface area (Å²) >= 11 is 0. The van der Waals surface area contributed by atoms with Gasteiger partial charge in [-0.05, 0) is 6.92 Å². The number of hydrazine groups is 1. The molecule has 2 aliphatic heterocycles. The van der Waals surface area contributed by atoms with Crippen molar-refractivity contribution in [2.24, 2.45) is 0 Å². The summed E-state index contributed by atoms with van der Waals surface area (Å²) in [4.78, 5) is 24.4. The third kappa shape index (κ3) is 1.46. The number of piperazine rings is 1. The van der Waals surface area contributed by atoms with Crippen LogP contribution in [0.4, 0.5) is 0 Å². The quantitative estimate of drug-likeness (QED) is 0.477. The van der Waals surface area contributed by atoms with Crippen LogP contribution in [0.5, 0.6) is 0 Å². The Morgan fingerprint density at radius 2 is 2.07 bits per heavy atom. The summed E-state index contributed by atoms with van der Waals surface area (Å²) in [5.41, 5.74) is 3.14. The van der Waals surface area contributed by atoms with Gasteiger partial charge in [-0.2, -0.15) is 0 Å². The molecule has 0 aromatic rings. The number of amides is 2. The van der Waals surface area contributed by atoms with Crippen LogP contribution in [0.3, 0.4) is 0 Å². The molecule has 14 heavy (non-hydrogen) atoms. The Kier molecular flexibility index (Phi) is 2.16. The minimum atomic E-state index is -0.112. The molecule has 0 radical (unpaired) electrons. The molecule has 0 aromatic heterocycles. The van der Waals surface area contributed by atoms with E-state index in [1.807, 2.05) is 14.0 Å². The fourth-order valence-corrected chi connectivity index (χ4v) is 1.89. The second kappa shape index (κ2) is 3.21. The summed E-state index contributed by atoms with van der Waals surface area (Å²) in [5.74, 6) is -0.0913. The molecule has 6 heteroatoms. The Bertz CT molecular complexity index is 281. The highest BCUT2D eigenvalue weighted by Crippen LogP contribution is 2.12. The zero-order valence-electron chi connectivity index (χ0n) is 8.28. The van der Waals surface area contributed by atoms with Crippen molar-refractivity contribution in [3.05, 3.63) is 0 Å². The predicted molar refractivity (Wildman–Crippen MR) is 48.9 cm³/mol. The molecule has 0 spiro atoms. The number of hydrogen-bond acceptors (Lipinski definition) is 4. The molecular weight excluding hydrogens is 184 g/mol. The first-order valence-corrected chi connectivity index (χ1v) is 4.64. The molecule has 0 saturated carbocycles. The molecule has 2 aliphatic rings. The van der Waals surface area contributed by atoms with Crippen LogP contribution < -0.4 is 10.7 Å². The lowest BCUT2D eigenvalue weighted by Crippen LogP contribution is -2.72. The van der Waals surface area contributed by atoms with Crippen molar-refractivity contribution in [2.75, 3.05) is 20.1 Å². The van der Waals surface area contributed by atoms with Gasteiger partial charge < -0.3 is 10.2 Å². The van der Waals surface area contributed by atoms with E-state index < -0.39 is 0 Å². The number of fused-ring (bicyclic) bond motifs is 1. The maximum Gasteiger partial charge on any atom is 0.240 e. The summed E-state index contributed by atoms with van der Waals surface area (Å²) in [6.45, 7) is 2.36. The number of nitrogens with one attached hydrogen (secondary N) is 2. The maximum atomic E-state index is 11.6. The standard InChI is InChI=1S/C8H14N4O2/c1-5-8-10-11(2)4-7(14)12(8)3-6(13)9-5/h5,8,10H,3-4H2,1-2H3,(H,9,13). The molecule has 78 valence electrons. The topological polar surface area (TPSA) is 64.7 Å². The molecule has 2 heterocycles. The second-order valence-corrected chi connectivity index (χ2v) is 3.81. The number of nitrogens with zero attached hydrogens (tertiary/aromatic N) is 2. The van der Waals surface area contributed by atoms with E-state index in [1.165, 1.54) is 0 Å². The van der Waals surface area contributed by atoms with Gasteiger partial charge in [0.15, 0.2) is 0 Å². The minimum absolute atomic E-state index is 0.00190. The van der Waals surface area contributed by atoms with Crippen molar-refractivity contribution in [3.8, 4) is 0 Å². The summed E-state index contributed by atoms with van der Waals surface area (Å²) in [7, 11) is 1.82. The van der Waals surface area contributed by atoms with Gasteiger partial charge in [0.2, 0.25) is 11.8 Å². The Morgan fingerprint density at radius 1 is 1.36 bits per heavy atom. The number of carbonyl (C=O) groups is 2. The fourth-order valence-electron chi connectivity index (χ4n) is 1.89. The van der Waals surface area contributed by atoms with Gasteiger partial charge in [-0.1, -0.05) is 0 Å². The highest BCUT2D eigenvalue weighted by molar-refractivity contribution is 5.87. The normalized spacial score (nSPS) is 34.0.